The first-order valence-corrected chi connectivity index (χ1v) is 14.3. The second-order valence-corrected chi connectivity index (χ2v) is 11.9. The molecule has 12 heteroatoms. The number of carboxylic acid groups (broad SMARTS) is 1. The fourth-order valence-corrected chi connectivity index (χ4v) is 6.67. The Bertz CT molecular complexity index is 988. The van der Waals surface area contributed by atoms with Gasteiger partial charge in [0.2, 0.25) is 10.0 Å². The smallest absolute Gasteiger partial charge is 0.323 e. The second-order valence-electron chi connectivity index (χ2n) is 8.86. The van der Waals surface area contributed by atoms with Crippen LogP contribution in [0, 0.1) is 5.92 Å². The lowest BCUT2D eigenvalue weighted by Gasteiger charge is -2.29. The predicted molar refractivity (Wildman–Crippen MR) is 130 cm³/mol. The van der Waals surface area contributed by atoms with E-state index in [1.165, 1.54) is 11.3 Å². The van der Waals surface area contributed by atoms with Gasteiger partial charge in [0.05, 0.1) is 16.2 Å². The van der Waals surface area contributed by atoms with Crippen LogP contribution >= 0.6 is 11.3 Å². The van der Waals surface area contributed by atoms with Crippen molar-refractivity contribution in [3.05, 3.63) is 21.4 Å². The van der Waals surface area contributed by atoms with Gasteiger partial charge < -0.3 is 20.6 Å². The second kappa shape index (κ2) is 12.1. The Morgan fingerprint density at radius 1 is 1.32 bits per heavy atom. The monoisotopic (exact) mass is 514 g/mol. The van der Waals surface area contributed by atoms with Gasteiger partial charge in [0.1, 0.15) is 6.04 Å². The number of rotatable bonds is 12. The summed E-state index contributed by atoms with van der Waals surface area (Å²) in [5, 5.41) is 15.2. The van der Waals surface area contributed by atoms with Gasteiger partial charge in [0.25, 0.3) is 11.8 Å². The van der Waals surface area contributed by atoms with E-state index in [-0.39, 0.29) is 11.7 Å². The summed E-state index contributed by atoms with van der Waals surface area (Å²) in [6, 6.07) is 0.0998. The Labute approximate surface area is 204 Å². The molecule has 1 aromatic heterocycles. The van der Waals surface area contributed by atoms with Crippen molar-refractivity contribution in [2.75, 3.05) is 38.5 Å². The molecule has 0 aliphatic carbocycles. The van der Waals surface area contributed by atoms with Crippen molar-refractivity contribution in [1.82, 2.24) is 20.3 Å². The number of amides is 2. The quantitative estimate of drug-likeness (QED) is 0.326. The fraction of sp³-hybridized carbons (Fsp3) is 0.682. The number of unbranched alkanes of at least 4 members (excludes halogenated alkanes) is 1. The maximum atomic E-state index is 13.0. The van der Waals surface area contributed by atoms with Crippen LogP contribution in [0.5, 0.6) is 0 Å². The summed E-state index contributed by atoms with van der Waals surface area (Å²) in [6.45, 7) is 4.82. The van der Waals surface area contributed by atoms with E-state index in [1.807, 2.05) is 11.8 Å². The van der Waals surface area contributed by atoms with Crippen molar-refractivity contribution >= 4 is 39.1 Å². The van der Waals surface area contributed by atoms with Crippen LogP contribution in [0.1, 0.15) is 63.9 Å². The largest absolute Gasteiger partial charge is 0.480 e. The molecular formula is C22H34N4O6S2. The highest BCUT2D eigenvalue weighted by atomic mass is 32.2. The molecule has 0 radical (unpaired) electrons. The van der Waals surface area contributed by atoms with Gasteiger partial charge in [0.15, 0.2) is 0 Å². The van der Waals surface area contributed by atoms with Crippen molar-refractivity contribution < 1.29 is 27.9 Å². The lowest BCUT2D eigenvalue weighted by atomic mass is 9.94. The Morgan fingerprint density at radius 3 is 2.74 bits per heavy atom. The third kappa shape index (κ3) is 7.24. The number of sulfonamides is 1. The molecular weight excluding hydrogens is 480 g/mol. The molecule has 0 bridgehead atoms. The summed E-state index contributed by atoms with van der Waals surface area (Å²) >= 11 is 1.23. The third-order valence-corrected chi connectivity index (χ3v) is 8.94. The number of nitrogens with zero attached hydrogens (tertiary/aromatic N) is 1. The first-order valence-electron chi connectivity index (χ1n) is 11.8. The Hall–Kier alpha value is -2.02. The average molecular weight is 515 g/mol. The number of hydrogen-bond donors (Lipinski definition) is 4. The molecule has 0 spiro atoms. The van der Waals surface area contributed by atoms with Gasteiger partial charge in [-0.15, -0.1) is 11.3 Å². The normalized spacial score (nSPS) is 17.9. The zero-order valence-corrected chi connectivity index (χ0v) is 21.1. The molecule has 2 aliphatic heterocycles. The number of carboxylic acids is 1. The molecule has 0 saturated carbocycles. The van der Waals surface area contributed by atoms with Crippen LogP contribution in [0.3, 0.4) is 0 Å². The molecule has 2 amide bonds. The standard InChI is InChI=1S/C22H34N4O6S2/c1-2-3-12-34(31,32)25-17(22(29)30)14-24-20(27)19-13-16-18(33-19)7-11-26(21(16)28)10-6-15-4-8-23-9-5-15/h13,15,17,23,25H,2-12,14H2,1H3,(H,24,27)(H,29,30)/t17-/m0/s1. The highest BCUT2D eigenvalue weighted by molar-refractivity contribution is 7.89. The van der Waals surface area contributed by atoms with Gasteiger partial charge in [-0.25, -0.2) is 8.42 Å². The number of carbonyl (C=O) groups excluding carboxylic acids is 2. The van der Waals surface area contributed by atoms with Gasteiger partial charge in [-0.3, -0.25) is 14.4 Å². The van der Waals surface area contributed by atoms with E-state index in [0.717, 1.165) is 37.2 Å². The summed E-state index contributed by atoms with van der Waals surface area (Å²) in [5.41, 5.74) is 0.529. The molecule has 3 heterocycles. The molecule has 10 nitrogen and oxygen atoms in total. The van der Waals surface area contributed by atoms with Crippen molar-refractivity contribution in [1.29, 1.82) is 0 Å². The van der Waals surface area contributed by atoms with Crippen molar-refractivity contribution in [2.45, 2.75) is 51.5 Å². The van der Waals surface area contributed by atoms with Crippen LogP contribution in [0.15, 0.2) is 6.07 Å². The van der Waals surface area contributed by atoms with Crippen molar-refractivity contribution in [3.63, 3.8) is 0 Å². The first kappa shape index (κ1) is 26.6. The topological polar surface area (TPSA) is 145 Å². The predicted octanol–water partition coefficient (Wildman–Crippen LogP) is 1.04. The minimum Gasteiger partial charge on any atom is -0.480 e. The molecule has 3 rings (SSSR count). The van der Waals surface area contributed by atoms with Gasteiger partial charge in [-0.1, -0.05) is 13.3 Å². The van der Waals surface area contributed by atoms with E-state index < -0.39 is 34.5 Å². The van der Waals surface area contributed by atoms with Crippen LogP contribution < -0.4 is 15.4 Å². The summed E-state index contributed by atoms with van der Waals surface area (Å²) in [6.07, 6.45) is 4.99. The highest BCUT2D eigenvalue weighted by Gasteiger charge is 2.29. The SMILES string of the molecule is CCCCS(=O)(=O)N[C@@H](CNC(=O)c1cc2c(s1)CCN(CCC1CCNCC1)C2=O)C(=O)O. The average Bonchev–Trinajstić information content (AvgIpc) is 3.26. The number of aliphatic carboxylic acids is 1. The lowest BCUT2D eigenvalue weighted by molar-refractivity contribution is -0.138. The van der Waals surface area contributed by atoms with Gasteiger partial charge >= 0.3 is 5.97 Å². The first-order chi connectivity index (χ1) is 16.2. The van der Waals surface area contributed by atoms with Crippen molar-refractivity contribution in [2.24, 2.45) is 5.92 Å². The molecule has 1 aromatic rings. The van der Waals surface area contributed by atoms with Gasteiger partial charge in [-0.05, 0) is 50.8 Å². The minimum absolute atomic E-state index is 0.0717. The van der Waals surface area contributed by atoms with Crippen molar-refractivity contribution in [3.8, 4) is 0 Å². The highest BCUT2D eigenvalue weighted by Crippen LogP contribution is 2.29. The Kier molecular flexibility index (Phi) is 9.46. The fourth-order valence-electron chi connectivity index (χ4n) is 4.21. The Balaban J connectivity index is 1.56. The molecule has 4 N–H and O–H groups in total. The summed E-state index contributed by atoms with van der Waals surface area (Å²) < 4.78 is 26.2. The maximum absolute atomic E-state index is 13.0. The van der Waals surface area contributed by atoms with Gasteiger partial charge in [-0.2, -0.15) is 4.72 Å². The molecule has 190 valence electrons. The van der Waals surface area contributed by atoms with Crippen LogP contribution in [0.2, 0.25) is 0 Å². The summed E-state index contributed by atoms with van der Waals surface area (Å²) in [7, 11) is -3.76. The number of nitrogens with one attached hydrogen (secondary N) is 3. The van der Waals surface area contributed by atoms with E-state index >= 15 is 0 Å². The number of carbonyl (C=O) groups is 3. The molecule has 0 unspecified atom stereocenters. The van der Waals surface area contributed by atoms with E-state index in [9.17, 15) is 27.9 Å². The van der Waals surface area contributed by atoms with Crippen LogP contribution in [-0.2, 0) is 21.2 Å². The molecule has 1 saturated heterocycles. The molecule has 1 atom stereocenters. The lowest BCUT2D eigenvalue weighted by Crippen LogP contribution is -2.48. The summed E-state index contributed by atoms with van der Waals surface area (Å²) in [4.78, 5) is 40.1. The Morgan fingerprint density at radius 2 is 2.06 bits per heavy atom. The van der Waals surface area contributed by atoms with Gasteiger partial charge in [0, 0.05) is 30.9 Å². The maximum Gasteiger partial charge on any atom is 0.323 e. The van der Waals surface area contributed by atoms with E-state index in [2.05, 4.69) is 15.4 Å². The number of thiophene rings is 1. The van der Waals surface area contributed by atoms with Crippen LogP contribution in [0.25, 0.3) is 0 Å². The molecule has 0 aromatic carbocycles. The molecule has 2 aliphatic rings. The number of fused-ring (bicyclic) bond motifs is 1. The van der Waals surface area contributed by atoms with Crippen LogP contribution in [0.4, 0.5) is 0 Å². The van der Waals surface area contributed by atoms with E-state index in [4.69, 9.17) is 0 Å². The minimum atomic E-state index is -3.76. The summed E-state index contributed by atoms with van der Waals surface area (Å²) in [5.74, 6) is -1.51. The van der Waals surface area contributed by atoms with E-state index in [0.29, 0.717) is 48.7 Å². The molecule has 34 heavy (non-hydrogen) atoms. The number of hydrogen-bond acceptors (Lipinski definition) is 7. The number of piperidine rings is 1. The molecule has 1 fully saturated rings. The van der Waals surface area contributed by atoms with E-state index in [1.54, 1.807) is 6.07 Å². The third-order valence-electron chi connectivity index (χ3n) is 6.28. The van der Waals surface area contributed by atoms with Crippen LogP contribution in [-0.4, -0.2) is 80.7 Å². The zero-order chi connectivity index (χ0) is 24.7. The zero-order valence-electron chi connectivity index (χ0n) is 19.5.